The van der Waals surface area contributed by atoms with E-state index in [1.54, 1.807) is 0 Å². The zero-order valence-corrected chi connectivity index (χ0v) is 13.1. The van der Waals surface area contributed by atoms with Crippen molar-refractivity contribution in [3.05, 3.63) is 28.0 Å². The fourth-order valence-electron chi connectivity index (χ4n) is 2.67. The summed E-state index contributed by atoms with van der Waals surface area (Å²) < 4.78 is 2.25. The molecule has 20 heavy (non-hydrogen) atoms. The van der Waals surface area contributed by atoms with Crippen molar-refractivity contribution in [3.8, 4) is 0 Å². The van der Waals surface area contributed by atoms with Crippen molar-refractivity contribution in [2.24, 2.45) is 5.73 Å². The Bertz CT molecular complexity index is 632. The number of aromatic nitrogens is 2. The average Bonchev–Trinajstić information content (AvgIpc) is 2.66. The summed E-state index contributed by atoms with van der Waals surface area (Å²) in [6, 6.07) is 3.91. The highest BCUT2D eigenvalue weighted by molar-refractivity contribution is 6.42. The molecule has 0 aliphatic heterocycles. The largest absolute Gasteiger partial charge is 0.326 e. The number of hydrogen-bond donors (Lipinski definition) is 1. The van der Waals surface area contributed by atoms with Gasteiger partial charge in [0, 0.05) is 18.5 Å². The number of imidazole rings is 1. The Hall–Kier alpha value is -0.770. The van der Waals surface area contributed by atoms with E-state index in [1.165, 1.54) is 19.3 Å². The first kappa shape index (κ1) is 14.2. The van der Waals surface area contributed by atoms with Crippen LogP contribution < -0.4 is 5.73 Å². The molecule has 1 saturated carbocycles. The van der Waals surface area contributed by atoms with Gasteiger partial charge in [0.05, 0.1) is 21.1 Å². The molecule has 1 fully saturated rings. The molecule has 2 N–H and O–H groups in total. The Morgan fingerprint density at radius 2 is 2.05 bits per heavy atom. The molecule has 1 atom stereocenters. The first-order valence-electron chi connectivity index (χ1n) is 7.21. The number of halogens is 2. The van der Waals surface area contributed by atoms with Gasteiger partial charge < -0.3 is 10.3 Å². The van der Waals surface area contributed by atoms with Crippen LogP contribution in [0.3, 0.4) is 0 Å². The molecule has 0 saturated heterocycles. The summed E-state index contributed by atoms with van der Waals surface area (Å²) in [4.78, 5) is 4.79. The van der Waals surface area contributed by atoms with Gasteiger partial charge in [0.1, 0.15) is 5.82 Å². The van der Waals surface area contributed by atoms with Gasteiger partial charge in [-0.1, -0.05) is 36.5 Å². The van der Waals surface area contributed by atoms with Gasteiger partial charge in [0.2, 0.25) is 0 Å². The number of nitrogens with zero attached hydrogens (tertiary/aromatic N) is 2. The lowest BCUT2D eigenvalue weighted by atomic mass is 9.85. The summed E-state index contributed by atoms with van der Waals surface area (Å²) in [5.74, 6) is 1.71. The Kier molecular flexibility index (Phi) is 3.93. The average molecular weight is 312 g/mol. The number of hydrogen-bond acceptors (Lipinski definition) is 2. The second-order valence-electron chi connectivity index (χ2n) is 5.63. The molecule has 108 valence electrons. The molecule has 1 aliphatic carbocycles. The Labute approximate surface area is 129 Å². The monoisotopic (exact) mass is 311 g/mol. The minimum Gasteiger partial charge on any atom is -0.326 e. The predicted molar refractivity (Wildman–Crippen MR) is 84.6 cm³/mol. The maximum atomic E-state index is 6.16. The summed E-state index contributed by atoms with van der Waals surface area (Å²) in [5.41, 5.74) is 8.11. The van der Waals surface area contributed by atoms with Crippen LogP contribution in [0.2, 0.25) is 10.0 Å². The van der Waals surface area contributed by atoms with Crippen molar-refractivity contribution in [1.29, 1.82) is 0 Å². The molecular weight excluding hydrogens is 293 g/mol. The van der Waals surface area contributed by atoms with Gasteiger partial charge in [-0.25, -0.2) is 4.98 Å². The van der Waals surface area contributed by atoms with Gasteiger partial charge in [-0.2, -0.15) is 0 Å². The first-order chi connectivity index (χ1) is 9.60. The summed E-state index contributed by atoms with van der Waals surface area (Å²) in [6.07, 6.45) is 4.67. The van der Waals surface area contributed by atoms with Crippen molar-refractivity contribution < 1.29 is 0 Å². The highest BCUT2D eigenvalue weighted by Gasteiger charge is 2.26. The minimum atomic E-state index is 0.140. The van der Waals surface area contributed by atoms with Crippen LogP contribution in [0.15, 0.2) is 12.1 Å². The standard InChI is InChI=1S/C15H19Cl2N3/c1-2-10(18)8-20-14-7-12(17)11(16)6-13(14)19-15(20)9-4-3-5-9/h6-7,9-10H,2-5,8,18H2,1H3. The number of fused-ring (bicyclic) bond motifs is 1. The highest BCUT2D eigenvalue weighted by Crippen LogP contribution is 2.38. The van der Waals surface area contributed by atoms with E-state index in [0.29, 0.717) is 16.0 Å². The minimum absolute atomic E-state index is 0.140. The van der Waals surface area contributed by atoms with E-state index < -0.39 is 0 Å². The number of nitrogens with two attached hydrogens (primary N) is 1. The van der Waals surface area contributed by atoms with Crippen LogP contribution in [0.5, 0.6) is 0 Å². The van der Waals surface area contributed by atoms with Crippen LogP contribution in [0.1, 0.15) is 44.3 Å². The van der Waals surface area contributed by atoms with Crippen LogP contribution >= 0.6 is 23.2 Å². The van der Waals surface area contributed by atoms with Gasteiger partial charge >= 0.3 is 0 Å². The van der Waals surface area contributed by atoms with E-state index in [4.69, 9.17) is 33.9 Å². The lowest BCUT2D eigenvalue weighted by Crippen LogP contribution is -2.27. The molecule has 1 aromatic heterocycles. The topological polar surface area (TPSA) is 43.8 Å². The van der Waals surface area contributed by atoms with Crippen molar-refractivity contribution >= 4 is 34.2 Å². The number of benzene rings is 1. The molecule has 0 radical (unpaired) electrons. The third-order valence-electron chi connectivity index (χ3n) is 4.23. The third kappa shape index (κ3) is 2.43. The summed E-state index contributed by atoms with van der Waals surface area (Å²) in [7, 11) is 0. The first-order valence-corrected chi connectivity index (χ1v) is 7.96. The van der Waals surface area contributed by atoms with Crippen molar-refractivity contribution in [3.63, 3.8) is 0 Å². The van der Waals surface area contributed by atoms with Crippen LogP contribution in [0.4, 0.5) is 0 Å². The molecule has 0 bridgehead atoms. The molecule has 3 nitrogen and oxygen atoms in total. The Morgan fingerprint density at radius 3 is 2.65 bits per heavy atom. The maximum absolute atomic E-state index is 6.16. The predicted octanol–water partition coefficient (Wildman–Crippen LogP) is 4.35. The summed E-state index contributed by atoms with van der Waals surface area (Å²) in [6.45, 7) is 2.90. The normalized spacial score (nSPS) is 17.4. The molecule has 1 heterocycles. The number of rotatable bonds is 4. The Balaban J connectivity index is 2.12. The Morgan fingerprint density at radius 1 is 1.35 bits per heavy atom. The molecule has 3 rings (SSSR count). The lowest BCUT2D eigenvalue weighted by Gasteiger charge is -2.26. The van der Waals surface area contributed by atoms with E-state index in [0.717, 1.165) is 29.8 Å². The zero-order valence-electron chi connectivity index (χ0n) is 11.6. The second-order valence-corrected chi connectivity index (χ2v) is 6.45. The van der Waals surface area contributed by atoms with E-state index in [2.05, 4.69) is 11.5 Å². The van der Waals surface area contributed by atoms with Gasteiger partial charge in [-0.3, -0.25) is 0 Å². The fourth-order valence-corrected chi connectivity index (χ4v) is 2.99. The van der Waals surface area contributed by atoms with Crippen LogP contribution in [-0.2, 0) is 6.54 Å². The molecule has 1 unspecified atom stereocenters. The smallest absolute Gasteiger partial charge is 0.113 e. The van der Waals surface area contributed by atoms with Gasteiger partial charge in [-0.05, 0) is 31.4 Å². The second kappa shape index (κ2) is 5.55. The fraction of sp³-hybridized carbons (Fsp3) is 0.533. The van der Waals surface area contributed by atoms with E-state index in [1.807, 2.05) is 12.1 Å². The van der Waals surface area contributed by atoms with Crippen LogP contribution in [0, 0.1) is 0 Å². The van der Waals surface area contributed by atoms with Crippen molar-refractivity contribution in [1.82, 2.24) is 9.55 Å². The maximum Gasteiger partial charge on any atom is 0.113 e. The molecular formula is C15H19Cl2N3. The van der Waals surface area contributed by atoms with Crippen LogP contribution in [-0.4, -0.2) is 15.6 Å². The molecule has 1 aliphatic rings. The molecule has 0 amide bonds. The van der Waals surface area contributed by atoms with E-state index >= 15 is 0 Å². The summed E-state index contributed by atoms with van der Waals surface area (Å²) >= 11 is 12.3. The molecule has 2 aromatic rings. The summed E-state index contributed by atoms with van der Waals surface area (Å²) in [5, 5.41) is 1.13. The third-order valence-corrected chi connectivity index (χ3v) is 4.95. The zero-order chi connectivity index (χ0) is 14.3. The van der Waals surface area contributed by atoms with Gasteiger partial charge in [0.25, 0.3) is 0 Å². The van der Waals surface area contributed by atoms with E-state index in [9.17, 15) is 0 Å². The van der Waals surface area contributed by atoms with Gasteiger partial charge in [-0.15, -0.1) is 0 Å². The molecule has 0 spiro atoms. The quantitative estimate of drug-likeness (QED) is 0.912. The molecule has 1 aromatic carbocycles. The highest BCUT2D eigenvalue weighted by atomic mass is 35.5. The van der Waals surface area contributed by atoms with Crippen LogP contribution in [0.25, 0.3) is 11.0 Å². The van der Waals surface area contributed by atoms with E-state index in [-0.39, 0.29) is 6.04 Å². The van der Waals surface area contributed by atoms with Gasteiger partial charge in [0.15, 0.2) is 0 Å². The lowest BCUT2D eigenvalue weighted by molar-refractivity contribution is 0.382. The van der Waals surface area contributed by atoms with Crippen molar-refractivity contribution in [2.75, 3.05) is 0 Å². The molecule has 5 heteroatoms. The van der Waals surface area contributed by atoms with Crippen molar-refractivity contribution in [2.45, 2.75) is 51.1 Å². The SMILES string of the molecule is CCC(N)Cn1c(C2CCC2)nc2cc(Cl)c(Cl)cc21.